The second kappa shape index (κ2) is 10.1. The summed E-state index contributed by atoms with van der Waals surface area (Å²) in [5, 5.41) is 63.1. The number of benzene rings is 2. The zero-order chi connectivity index (χ0) is 26.2. The third kappa shape index (κ3) is 4.98. The van der Waals surface area contributed by atoms with Crippen LogP contribution in [0.15, 0.2) is 18.2 Å². The number of hydrogen-bond acceptors (Lipinski definition) is 9. The van der Waals surface area contributed by atoms with Crippen molar-refractivity contribution in [1.82, 2.24) is 0 Å². The number of aromatic carboxylic acids is 1. The highest BCUT2D eigenvalue weighted by Gasteiger charge is 2.55. The minimum atomic E-state index is -1.95. The van der Waals surface area contributed by atoms with Gasteiger partial charge < -0.3 is 40.1 Å². The maximum absolute atomic E-state index is 12.1. The highest BCUT2D eigenvalue weighted by atomic mass is 16.7. The molecule has 0 aromatic heterocycles. The van der Waals surface area contributed by atoms with E-state index in [2.05, 4.69) is 0 Å². The Bertz CT molecular complexity index is 1120. The molecule has 10 heteroatoms. The largest absolute Gasteiger partial charge is 0.506 e. The molecule has 3 rings (SSSR count). The zero-order valence-electron chi connectivity index (χ0n) is 20.1. The molecule has 2 aromatic rings. The molecule has 1 saturated heterocycles. The molecule has 1 fully saturated rings. The first kappa shape index (κ1) is 26.8. The average Bonchev–Trinajstić information content (AvgIpc) is 2.77. The first-order chi connectivity index (χ1) is 16.3. The van der Waals surface area contributed by atoms with E-state index < -0.39 is 54.3 Å². The summed E-state index contributed by atoms with van der Waals surface area (Å²) in [6, 6.07) is 3.92. The second-order valence-corrected chi connectivity index (χ2v) is 9.50. The summed E-state index contributed by atoms with van der Waals surface area (Å²) in [5.41, 5.74) is -1.70. The van der Waals surface area contributed by atoms with E-state index in [1.165, 1.54) is 19.1 Å². The number of phenolic OH excluding ortho intramolecular Hbond substituents is 1. The average molecular weight is 493 g/mol. The second-order valence-electron chi connectivity index (χ2n) is 9.50. The third-order valence-corrected chi connectivity index (χ3v) is 6.47. The lowest BCUT2D eigenvalue weighted by molar-refractivity contribution is -0.315. The fourth-order valence-electron chi connectivity index (χ4n) is 4.53. The van der Waals surface area contributed by atoms with Crippen molar-refractivity contribution >= 4 is 22.5 Å². The van der Waals surface area contributed by atoms with E-state index in [9.17, 15) is 40.2 Å². The van der Waals surface area contributed by atoms with Crippen LogP contribution in [-0.4, -0.2) is 79.2 Å². The molecule has 35 heavy (non-hydrogen) atoms. The van der Waals surface area contributed by atoms with Gasteiger partial charge in [0.25, 0.3) is 0 Å². The maximum atomic E-state index is 12.1. The van der Waals surface area contributed by atoms with E-state index in [4.69, 9.17) is 9.47 Å². The van der Waals surface area contributed by atoms with Gasteiger partial charge >= 0.3 is 5.97 Å². The van der Waals surface area contributed by atoms with Gasteiger partial charge in [0.05, 0.1) is 23.1 Å². The van der Waals surface area contributed by atoms with Crippen LogP contribution in [0.3, 0.4) is 0 Å². The van der Waals surface area contributed by atoms with Gasteiger partial charge in [0, 0.05) is 0 Å². The first-order valence-corrected chi connectivity index (χ1v) is 11.4. The van der Waals surface area contributed by atoms with Crippen molar-refractivity contribution in [2.24, 2.45) is 5.92 Å². The molecule has 192 valence electrons. The number of hydrogen-bond donors (Lipinski definition) is 6. The number of ether oxygens (including phenoxy) is 2. The van der Waals surface area contributed by atoms with Crippen LogP contribution >= 0.6 is 0 Å². The van der Waals surface area contributed by atoms with Crippen LogP contribution in [0.2, 0.25) is 0 Å². The van der Waals surface area contributed by atoms with Crippen molar-refractivity contribution in [3.63, 3.8) is 0 Å². The van der Waals surface area contributed by atoms with Crippen LogP contribution < -0.4 is 4.74 Å². The van der Waals surface area contributed by atoms with Crippen LogP contribution in [0, 0.1) is 12.8 Å². The lowest BCUT2D eigenvalue weighted by Gasteiger charge is -2.48. The van der Waals surface area contributed by atoms with E-state index >= 15 is 0 Å². The molecule has 5 atom stereocenters. The smallest absolute Gasteiger partial charge is 0.335 e. The normalized spacial score (nSPS) is 26.8. The number of phenols is 1. The summed E-state index contributed by atoms with van der Waals surface area (Å²) in [7, 11) is 0. The molecule has 6 N–H and O–H groups in total. The fraction of sp³-hybridized carbons (Fsp3) is 0.520. The Balaban J connectivity index is 2.08. The predicted octanol–water partition coefficient (Wildman–Crippen LogP) is 1.74. The van der Waals surface area contributed by atoms with Crippen LogP contribution in [0.4, 0.5) is 0 Å². The predicted molar refractivity (Wildman–Crippen MR) is 125 cm³/mol. The Hall–Kier alpha value is -2.76. The minimum absolute atomic E-state index is 0.0114. The number of carbonyl (C=O) groups is 2. The van der Waals surface area contributed by atoms with Crippen LogP contribution in [0.5, 0.6) is 11.5 Å². The lowest BCUT2D eigenvalue weighted by Crippen LogP contribution is -2.67. The number of aliphatic hydroxyl groups is 4. The van der Waals surface area contributed by atoms with E-state index in [1.807, 2.05) is 13.8 Å². The van der Waals surface area contributed by atoms with Crippen molar-refractivity contribution in [1.29, 1.82) is 0 Å². The quantitative estimate of drug-likeness (QED) is 0.298. The molecule has 1 aliphatic rings. The molecule has 0 unspecified atom stereocenters. The number of carboxylic acid groups (broad SMARTS) is 1. The summed E-state index contributed by atoms with van der Waals surface area (Å²) in [6.07, 6.45) is -5.95. The third-order valence-electron chi connectivity index (χ3n) is 6.47. The van der Waals surface area contributed by atoms with Gasteiger partial charge in [-0.3, -0.25) is 4.79 Å². The molecule has 10 nitrogen and oxygen atoms in total. The maximum Gasteiger partial charge on any atom is 0.335 e. The molecule has 0 saturated carbocycles. The Morgan fingerprint density at radius 2 is 1.86 bits per heavy atom. The summed E-state index contributed by atoms with van der Waals surface area (Å²) in [5.74, 6) is -2.19. The van der Waals surface area contributed by atoms with Crippen molar-refractivity contribution < 1.29 is 49.7 Å². The summed E-state index contributed by atoms with van der Waals surface area (Å²) < 4.78 is 11.4. The van der Waals surface area contributed by atoms with Gasteiger partial charge in [-0.25, -0.2) is 4.79 Å². The van der Waals surface area contributed by atoms with E-state index in [-0.39, 0.29) is 40.0 Å². The first-order valence-electron chi connectivity index (χ1n) is 11.4. The molecule has 1 heterocycles. The Labute approximate surface area is 202 Å². The highest BCUT2D eigenvalue weighted by Crippen LogP contribution is 2.41. The van der Waals surface area contributed by atoms with E-state index in [1.54, 1.807) is 6.92 Å². The van der Waals surface area contributed by atoms with Crippen LogP contribution in [-0.2, 0) is 4.74 Å². The van der Waals surface area contributed by atoms with E-state index in [0.717, 1.165) is 6.07 Å². The van der Waals surface area contributed by atoms with Crippen molar-refractivity contribution in [3.8, 4) is 11.5 Å². The molecule has 0 bridgehead atoms. The number of Topliss-reactive ketones (excluding diaryl/α,β-unsaturated/α-hetero) is 1. The SMILES string of the molecule is CC(=O)c1c(C)cc2cc(C(=O)O)cc(O[C@@H]3O[C@H](CO)[C@](O)(CCC(C)C)[C@H](O)[C@H]3O)c2c1O. The zero-order valence-corrected chi connectivity index (χ0v) is 20.1. The van der Waals surface area contributed by atoms with Crippen molar-refractivity contribution in [2.45, 2.75) is 70.7 Å². The van der Waals surface area contributed by atoms with E-state index in [0.29, 0.717) is 12.0 Å². The van der Waals surface area contributed by atoms with Gasteiger partial charge in [0.2, 0.25) is 6.29 Å². The number of carbonyl (C=O) groups excluding carboxylic acids is 1. The monoisotopic (exact) mass is 492 g/mol. The van der Waals surface area contributed by atoms with Crippen LogP contribution in [0.1, 0.15) is 59.9 Å². The number of aromatic hydroxyl groups is 1. The van der Waals surface area contributed by atoms with Gasteiger partial charge in [-0.15, -0.1) is 0 Å². The van der Waals surface area contributed by atoms with Gasteiger partial charge in [0.1, 0.15) is 35.4 Å². The number of ketones is 1. The fourth-order valence-corrected chi connectivity index (χ4v) is 4.53. The molecular weight excluding hydrogens is 460 g/mol. The van der Waals surface area contributed by atoms with Gasteiger partial charge in [-0.05, 0) is 55.7 Å². The number of aryl methyl sites for hydroxylation is 1. The molecular formula is C25H32O10. The summed E-state index contributed by atoms with van der Waals surface area (Å²) >= 11 is 0. The Kier molecular flexibility index (Phi) is 7.73. The minimum Gasteiger partial charge on any atom is -0.506 e. The molecule has 1 aliphatic heterocycles. The van der Waals surface area contributed by atoms with Gasteiger partial charge in [-0.1, -0.05) is 19.9 Å². The number of fused-ring (bicyclic) bond motifs is 1. The summed E-state index contributed by atoms with van der Waals surface area (Å²) in [6.45, 7) is 6.01. The highest BCUT2D eigenvalue weighted by molar-refractivity contribution is 6.08. The molecule has 0 aliphatic carbocycles. The molecule has 2 aromatic carbocycles. The topological polar surface area (TPSA) is 174 Å². The number of aliphatic hydroxyl groups excluding tert-OH is 3. The molecule has 0 radical (unpaired) electrons. The summed E-state index contributed by atoms with van der Waals surface area (Å²) in [4.78, 5) is 23.8. The number of rotatable bonds is 8. The Morgan fingerprint density at radius 1 is 1.20 bits per heavy atom. The molecule has 0 spiro atoms. The van der Waals surface area contributed by atoms with Crippen molar-refractivity contribution in [2.75, 3.05) is 6.61 Å². The lowest BCUT2D eigenvalue weighted by atomic mass is 9.79. The Morgan fingerprint density at radius 3 is 2.40 bits per heavy atom. The molecule has 0 amide bonds. The van der Waals surface area contributed by atoms with Crippen LogP contribution in [0.25, 0.3) is 10.8 Å². The van der Waals surface area contributed by atoms with Gasteiger partial charge in [0.15, 0.2) is 5.78 Å². The standard InChI is InChI=1S/C25H32O10/c1-11(2)5-6-25(33)17(10-26)35-24(21(29)22(25)30)34-16-9-15(23(31)32)8-14-7-12(3)18(13(4)27)20(28)19(14)16/h7-9,11,17,21-22,24,26,28-30,33H,5-6,10H2,1-4H3,(H,31,32)/t17-,21-,22-,24-,25-/m1/s1. The number of carboxylic acids is 1. The van der Waals surface area contributed by atoms with Crippen molar-refractivity contribution in [3.05, 3.63) is 34.9 Å². The van der Waals surface area contributed by atoms with Gasteiger partial charge in [-0.2, -0.15) is 0 Å².